The Hall–Kier alpha value is -2.91. The van der Waals surface area contributed by atoms with Crippen LogP contribution < -0.4 is 0 Å². The van der Waals surface area contributed by atoms with Crippen LogP contribution in [0.1, 0.15) is 51.4 Å². The van der Waals surface area contributed by atoms with E-state index in [1.165, 1.54) is 24.0 Å². The lowest BCUT2D eigenvalue weighted by Crippen LogP contribution is -2.61. The highest BCUT2D eigenvalue weighted by atomic mass is 16.5. The van der Waals surface area contributed by atoms with E-state index < -0.39 is 5.72 Å². The highest BCUT2D eigenvalue weighted by Crippen LogP contribution is 2.63. The van der Waals surface area contributed by atoms with E-state index in [1.54, 1.807) is 0 Å². The maximum absolute atomic E-state index is 13.9. The molecule has 1 saturated heterocycles. The average Bonchev–Trinajstić information content (AvgIpc) is 3.50. The van der Waals surface area contributed by atoms with E-state index in [9.17, 15) is 4.79 Å². The Bertz CT molecular complexity index is 1200. The second-order valence-electron chi connectivity index (χ2n) is 10.1. The van der Waals surface area contributed by atoms with Crippen molar-refractivity contribution in [2.24, 2.45) is 17.8 Å². The van der Waals surface area contributed by atoms with E-state index in [1.807, 2.05) is 18.2 Å². The quantitative estimate of drug-likeness (QED) is 0.548. The van der Waals surface area contributed by atoms with E-state index >= 15 is 0 Å². The standard InChI is InChI=1S/C29H27NO2/c1-18-11-13-21(14-12-18)29-26-10-6-5-9-22(26)28(31)30(29)27-20-15-23(19-7-3-2-4-8-19)24(16-20)25(27)17-32-29/h2-14,20,23-25,27H,15-17H2,1H3/t20-,23+,24-,25+,27-,29-/m1/s1. The van der Waals surface area contributed by atoms with Gasteiger partial charge in [0.15, 0.2) is 5.72 Å². The summed E-state index contributed by atoms with van der Waals surface area (Å²) in [5, 5.41) is 0. The van der Waals surface area contributed by atoms with Crippen molar-refractivity contribution in [3.63, 3.8) is 0 Å². The molecule has 2 bridgehead atoms. The minimum absolute atomic E-state index is 0.139. The molecule has 6 atom stereocenters. The lowest BCUT2D eigenvalue weighted by molar-refractivity contribution is -0.193. The van der Waals surface area contributed by atoms with Crippen molar-refractivity contribution in [2.75, 3.05) is 6.61 Å². The molecule has 2 aliphatic carbocycles. The zero-order chi connectivity index (χ0) is 21.4. The minimum atomic E-state index is -0.796. The number of amides is 1. The van der Waals surface area contributed by atoms with Crippen LogP contribution in [-0.2, 0) is 10.5 Å². The summed E-state index contributed by atoms with van der Waals surface area (Å²) in [5.41, 5.74) is 4.75. The summed E-state index contributed by atoms with van der Waals surface area (Å²) >= 11 is 0. The number of nitrogens with zero attached hydrogens (tertiary/aromatic N) is 1. The Kier molecular flexibility index (Phi) is 3.82. The van der Waals surface area contributed by atoms with Crippen molar-refractivity contribution in [1.29, 1.82) is 0 Å². The first-order valence-corrected chi connectivity index (χ1v) is 11.9. The van der Waals surface area contributed by atoms with Crippen LogP contribution in [0.5, 0.6) is 0 Å². The third-order valence-corrected chi connectivity index (χ3v) is 8.65. The van der Waals surface area contributed by atoms with Crippen LogP contribution in [0.4, 0.5) is 0 Å². The number of benzene rings is 3. The molecule has 0 spiro atoms. The van der Waals surface area contributed by atoms with Crippen molar-refractivity contribution in [3.8, 4) is 0 Å². The van der Waals surface area contributed by atoms with Gasteiger partial charge in [0.2, 0.25) is 0 Å². The topological polar surface area (TPSA) is 29.5 Å². The van der Waals surface area contributed by atoms with Gasteiger partial charge in [-0.2, -0.15) is 0 Å². The van der Waals surface area contributed by atoms with E-state index in [0.717, 1.165) is 16.7 Å². The Labute approximate surface area is 189 Å². The van der Waals surface area contributed by atoms with Crippen LogP contribution in [0.2, 0.25) is 0 Å². The van der Waals surface area contributed by atoms with Crippen LogP contribution in [0.3, 0.4) is 0 Å². The van der Waals surface area contributed by atoms with Gasteiger partial charge in [-0.05, 0) is 49.1 Å². The van der Waals surface area contributed by atoms with Crippen LogP contribution in [0, 0.1) is 24.7 Å². The first kappa shape index (κ1) is 18.6. The van der Waals surface area contributed by atoms with Gasteiger partial charge in [-0.1, -0.05) is 78.4 Å². The fraction of sp³-hybridized carbons (Fsp3) is 0.345. The van der Waals surface area contributed by atoms with E-state index in [0.29, 0.717) is 30.3 Å². The van der Waals surface area contributed by atoms with Gasteiger partial charge in [0.1, 0.15) is 0 Å². The molecule has 3 nitrogen and oxygen atoms in total. The van der Waals surface area contributed by atoms with Gasteiger partial charge >= 0.3 is 0 Å². The highest BCUT2D eigenvalue weighted by molar-refractivity contribution is 6.01. The smallest absolute Gasteiger partial charge is 0.257 e. The molecule has 0 unspecified atom stereocenters. The highest BCUT2D eigenvalue weighted by Gasteiger charge is 2.66. The third-order valence-electron chi connectivity index (χ3n) is 8.65. The van der Waals surface area contributed by atoms with Crippen molar-refractivity contribution >= 4 is 5.91 Å². The van der Waals surface area contributed by atoms with Gasteiger partial charge in [-0.25, -0.2) is 0 Å². The summed E-state index contributed by atoms with van der Waals surface area (Å²) in [4.78, 5) is 16.0. The van der Waals surface area contributed by atoms with Gasteiger partial charge in [-0.15, -0.1) is 0 Å². The van der Waals surface area contributed by atoms with Gasteiger partial charge in [0.25, 0.3) is 5.91 Å². The maximum Gasteiger partial charge on any atom is 0.257 e. The second kappa shape index (κ2) is 6.55. The minimum Gasteiger partial charge on any atom is -0.347 e. The fourth-order valence-corrected chi connectivity index (χ4v) is 7.41. The first-order valence-electron chi connectivity index (χ1n) is 11.9. The molecule has 7 rings (SSSR count). The van der Waals surface area contributed by atoms with Crippen LogP contribution in [-0.4, -0.2) is 23.5 Å². The summed E-state index contributed by atoms with van der Waals surface area (Å²) in [5.74, 6) is 2.23. The Morgan fingerprint density at radius 3 is 2.44 bits per heavy atom. The lowest BCUT2D eigenvalue weighted by atomic mass is 9.73. The summed E-state index contributed by atoms with van der Waals surface area (Å²) in [6, 6.07) is 27.8. The van der Waals surface area contributed by atoms with Crippen molar-refractivity contribution in [3.05, 3.63) is 107 Å². The number of rotatable bonds is 2. The number of carbonyl (C=O) groups is 1. The average molecular weight is 422 g/mol. The number of fused-ring (bicyclic) bond motifs is 9. The summed E-state index contributed by atoms with van der Waals surface area (Å²) < 4.78 is 6.87. The number of ether oxygens (including phenoxy) is 1. The Morgan fingerprint density at radius 1 is 0.875 bits per heavy atom. The van der Waals surface area contributed by atoms with Crippen molar-refractivity contribution in [2.45, 2.75) is 37.5 Å². The van der Waals surface area contributed by atoms with Crippen LogP contribution in [0.15, 0.2) is 78.9 Å². The number of hydrogen-bond acceptors (Lipinski definition) is 2. The monoisotopic (exact) mass is 421 g/mol. The summed E-state index contributed by atoms with van der Waals surface area (Å²) in [7, 11) is 0. The van der Waals surface area contributed by atoms with Crippen molar-refractivity contribution < 1.29 is 9.53 Å². The normalized spacial score (nSPS) is 34.3. The second-order valence-corrected chi connectivity index (χ2v) is 10.1. The Balaban J connectivity index is 1.35. The molecule has 2 saturated carbocycles. The van der Waals surface area contributed by atoms with Crippen molar-refractivity contribution in [1.82, 2.24) is 4.90 Å². The molecule has 3 fully saturated rings. The molecular weight excluding hydrogens is 394 g/mol. The molecule has 160 valence electrons. The molecule has 3 aromatic rings. The predicted molar refractivity (Wildman–Crippen MR) is 123 cm³/mol. The molecule has 32 heavy (non-hydrogen) atoms. The van der Waals surface area contributed by atoms with Gasteiger partial charge in [-0.3, -0.25) is 9.69 Å². The molecular formula is C29H27NO2. The van der Waals surface area contributed by atoms with Crippen LogP contribution >= 0.6 is 0 Å². The van der Waals surface area contributed by atoms with E-state index in [2.05, 4.69) is 72.5 Å². The van der Waals surface area contributed by atoms with E-state index in [-0.39, 0.29) is 11.9 Å². The zero-order valence-corrected chi connectivity index (χ0v) is 18.3. The molecule has 0 radical (unpaired) electrons. The summed E-state index contributed by atoms with van der Waals surface area (Å²) in [6.45, 7) is 2.81. The molecule has 3 aromatic carbocycles. The fourth-order valence-electron chi connectivity index (χ4n) is 7.41. The number of hydrogen-bond donors (Lipinski definition) is 0. The van der Waals surface area contributed by atoms with Gasteiger partial charge in [0.05, 0.1) is 6.61 Å². The largest absolute Gasteiger partial charge is 0.347 e. The molecule has 1 amide bonds. The number of aryl methyl sites for hydroxylation is 1. The Morgan fingerprint density at radius 2 is 1.62 bits per heavy atom. The van der Waals surface area contributed by atoms with Gasteiger partial charge in [0, 0.05) is 28.7 Å². The molecule has 0 aromatic heterocycles. The molecule has 3 heteroatoms. The van der Waals surface area contributed by atoms with Crippen LogP contribution in [0.25, 0.3) is 0 Å². The zero-order valence-electron chi connectivity index (χ0n) is 18.3. The number of carbonyl (C=O) groups excluding carboxylic acids is 1. The first-order chi connectivity index (χ1) is 15.7. The molecule has 2 heterocycles. The SMILES string of the molecule is Cc1ccc([C@]23OC[C@H]4[C@@H]5C[C@@H](C[C@H]5c5ccccc5)[C@H]4N2C(=O)c2ccccc23)cc1. The predicted octanol–water partition coefficient (Wildman–Crippen LogP) is 5.49. The maximum atomic E-state index is 13.9. The third kappa shape index (κ3) is 2.27. The molecule has 0 N–H and O–H groups in total. The molecule has 4 aliphatic rings. The lowest BCUT2D eigenvalue weighted by Gasteiger charge is -2.53. The molecule has 2 aliphatic heterocycles. The van der Waals surface area contributed by atoms with E-state index in [4.69, 9.17) is 4.74 Å². The van der Waals surface area contributed by atoms with Gasteiger partial charge < -0.3 is 4.74 Å². The summed E-state index contributed by atoms with van der Waals surface area (Å²) in [6.07, 6.45) is 2.36.